The van der Waals surface area contributed by atoms with Crippen LogP contribution in [-0.4, -0.2) is 20.8 Å². The molecule has 0 fully saturated rings. The minimum atomic E-state index is -0.653. The molecule has 4 N–H and O–H groups in total. The number of nitrogens with zero attached hydrogens (tertiary/aromatic N) is 4. The summed E-state index contributed by atoms with van der Waals surface area (Å²) in [6, 6.07) is 14.3. The third-order valence-corrected chi connectivity index (χ3v) is 4.70. The van der Waals surface area contributed by atoms with E-state index in [0.29, 0.717) is 22.3 Å². The minimum absolute atomic E-state index is 0.176. The van der Waals surface area contributed by atoms with Gasteiger partial charge in [-0.05, 0) is 41.5 Å². The highest BCUT2D eigenvalue weighted by molar-refractivity contribution is 5.81. The molecule has 0 spiro atoms. The zero-order valence-corrected chi connectivity index (χ0v) is 17.3. The number of anilines is 4. The largest absolute Gasteiger partial charge is 0.769 e. The first-order valence-corrected chi connectivity index (χ1v) is 9.54. The summed E-state index contributed by atoms with van der Waals surface area (Å²) in [4.78, 5) is 0. The lowest BCUT2D eigenvalue weighted by atomic mass is 10.1. The molecule has 0 saturated carbocycles. The van der Waals surface area contributed by atoms with Crippen LogP contribution in [0.3, 0.4) is 0 Å². The third-order valence-electron chi connectivity index (χ3n) is 4.70. The van der Waals surface area contributed by atoms with E-state index in [1.165, 1.54) is 24.3 Å². The van der Waals surface area contributed by atoms with Crippen LogP contribution in [0.4, 0.5) is 22.7 Å². The van der Waals surface area contributed by atoms with Crippen molar-refractivity contribution in [3.8, 4) is 0 Å². The first kappa shape index (κ1) is 24.7. The van der Waals surface area contributed by atoms with Crippen molar-refractivity contribution in [3.63, 3.8) is 0 Å². The van der Waals surface area contributed by atoms with Gasteiger partial charge in [0.15, 0.2) is 0 Å². The van der Waals surface area contributed by atoms with Crippen molar-refractivity contribution in [3.05, 3.63) is 104 Å². The molecule has 3 aromatic rings. The molecule has 0 saturated heterocycles. The Balaban J connectivity index is 1.85. The summed E-state index contributed by atoms with van der Waals surface area (Å²) in [6.07, 6.45) is 6.41. The average Bonchev–Trinajstić information content (AvgIpc) is 2.81. The van der Waals surface area contributed by atoms with E-state index in [-0.39, 0.29) is 33.2 Å². The summed E-state index contributed by atoms with van der Waals surface area (Å²) < 4.78 is 0. The monoisotopic (exact) mass is 466 g/mol. The van der Waals surface area contributed by atoms with Gasteiger partial charge in [0.05, 0.1) is 0 Å². The molecule has 0 unspecified atom stereocenters. The molecule has 178 valence electrons. The second-order valence-corrected chi connectivity index (χ2v) is 6.92. The zero-order chi connectivity index (χ0) is 24.8. The predicted octanol–water partition coefficient (Wildman–Crippen LogP) is 4.80. The molecule has 0 radical (unpaired) electrons. The molecule has 0 heterocycles. The Bertz CT molecular complexity index is 1110. The highest BCUT2D eigenvalue weighted by Crippen LogP contribution is 2.28. The maximum absolute atomic E-state index is 10.9. The Morgan fingerprint density at radius 2 is 0.941 bits per heavy atom. The van der Waals surface area contributed by atoms with Gasteiger partial charge in [0.2, 0.25) is 0 Å². The van der Waals surface area contributed by atoms with Gasteiger partial charge in [-0.15, -0.1) is 10.5 Å². The molecule has 34 heavy (non-hydrogen) atoms. The molecule has 0 bridgehead atoms. The Kier molecular flexibility index (Phi) is 7.80. The third kappa shape index (κ3) is 6.08. The molecule has 0 atom stereocenters. The lowest BCUT2D eigenvalue weighted by Crippen LogP contribution is -2.13. The summed E-state index contributed by atoms with van der Waals surface area (Å²) in [5.74, 6) is 0. The normalized spacial score (nSPS) is 11.3. The highest BCUT2D eigenvalue weighted by Gasteiger charge is 2.07. The molecule has 0 aliphatic heterocycles. The summed E-state index contributed by atoms with van der Waals surface area (Å²) in [7, 11) is 0. The quantitative estimate of drug-likeness (QED) is 0.263. The van der Waals surface area contributed by atoms with E-state index in [1.807, 2.05) is 0 Å². The Hall–Kier alpha value is -3.98. The van der Waals surface area contributed by atoms with Gasteiger partial charge < -0.3 is 31.3 Å². The van der Waals surface area contributed by atoms with Gasteiger partial charge in [0.1, 0.15) is 11.4 Å². The SMILES string of the molecule is [O-]N([O-])c1ccc(C=Cc2cccc(C=Cc3ccc(N([O-])[O-])cc3N(O)O)c2)c(N(O)O)c1. The average molecular weight is 466 g/mol. The number of hydrogen-bond acceptors (Lipinski definition) is 12. The van der Waals surface area contributed by atoms with E-state index in [0.717, 1.165) is 12.1 Å². The van der Waals surface area contributed by atoms with Gasteiger partial charge >= 0.3 is 0 Å². The standard InChI is InChI=1S/C22H18N4O8/c27-23(28)19-10-8-17(21(13-19)25(31)32)6-4-15-2-1-3-16(12-15)5-7-18-9-11-20(24(29)30)14-22(18)26(33)34/h1-14,31-34H/q-4. The van der Waals surface area contributed by atoms with E-state index in [2.05, 4.69) is 0 Å². The van der Waals surface area contributed by atoms with Crippen molar-refractivity contribution in [2.75, 3.05) is 20.9 Å². The van der Waals surface area contributed by atoms with Crippen molar-refractivity contribution in [1.29, 1.82) is 0 Å². The smallest absolute Gasteiger partial charge is 0.103 e. The topological polar surface area (TPSA) is 186 Å². The lowest BCUT2D eigenvalue weighted by Gasteiger charge is -2.37. The van der Waals surface area contributed by atoms with E-state index in [4.69, 9.17) is 0 Å². The fourth-order valence-electron chi connectivity index (χ4n) is 3.06. The summed E-state index contributed by atoms with van der Waals surface area (Å²) in [5.41, 5.74) is 1.10. The summed E-state index contributed by atoms with van der Waals surface area (Å²) in [5, 5.41) is 79.5. The van der Waals surface area contributed by atoms with Crippen LogP contribution >= 0.6 is 0 Å². The number of rotatable bonds is 8. The van der Waals surface area contributed by atoms with Crippen LogP contribution in [0.2, 0.25) is 0 Å². The van der Waals surface area contributed by atoms with Crippen molar-refractivity contribution < 1.29 is 20.8 Å². The summed E-state index contributed by atoms with van der Waals surface area (Å²) in [6.45, 7) is 0. The van der Waals surface area contributed by atoms with Crippen LogP contribution < -0.4 is 20.9 Å². The van der Waals surface area contributed by atoms with Crippen molar-refractivity contribution in [1.82, 2.24) is 0 Å². The number of benzene rings is 3. The summed E-state index contributed by atoms with van der Waals surface area (Å²) >= 11 is 0. The molecule has 0 amide bonds. The van der Waals surface area contributed by atoms with Crippen LogP contribution in [0.25, 0.3) is 24.3 Å². The predicted molar refractivity (Wildman–Crippen MR) is 128 cm³/mol. The molecule has 12 nitrogen and oxygen atoms in total. The van der Waals surface area contributed by atoms with Gasteiger partial charge in [-0.3, -0.25) is 20.8 Å². The maximum Gasteiger partial charge on any atom is 0.103 e. The highest BCUT2D eigenvalue weighted by atomic mass is 16.8. The van der Waals surface area contributed by atoms with Gasteiger partial charge in [-0.1, -0.05) is 54.6 Å². The Morgan fingerprint density at radius 3 is 1.29 bits per heavy atom. The van der Waals surface area contributed by atoms with E-state index in [1.54, 1.807) is 48.6 Å². The molecule has 12 heteroatoms. The minimum Gasteiger partial charge on any atom is -0.769 e. The van der Waals surface area contributed by atoms with Crippen molar-refractivity contribution >= 4 is 47.1 Å². The molecule has 0 aliphatic carbocycles. The molecule has 0 aromatic heterocycles. The van der Waals surface area contributed by atoms with E-state index >= 15 is 0 Å². The fourth-order valence-corrected chi connectivity index (χ4v) is 3.06. The van der Waals surface area contributed by atoms with E-state index in [9.17, 15) is 41.7 Å². The van der Waals surface area contributed by atoms with Gasteiger partial charge in [-0.2, -0.15) is 0 Å². The molecule has 0 aliphatic rings. The second kappa shape index (κ2) is 10.8. The molecule has 3 rings (SSSR count). The molecular formula is C22H18N4O8-4. The van der Waals surface area contributed by atoms with Crippen LogP contribution in [0.1, 0.15) is 22.3 Å². The van der Waals surface area contributed by atoms with Crippen LogP contribution in [0.15, 0.2) is 60.7 Å². The van der Waals surface area contributed by atoms with Crippen molar-refractivity contribution in [2.45, 2.75) is 0 Å². The zero-order valence-electron chi connectivity index (χ0n) is 17.3. The van der Waals surface area contributed by atoms with Gasteiger partial charge in [0.25, 0.3) is 0 Å². The first-order valence-electron chi connectivity index (χ1n) is 9.54. The lowest BCUT2D eigenvalue weighted by molar-refractivity contribution is 0.0284. The Labute approximate surface area is 193 Å². The van der Waals surface area contributed by atoms with Gasteiger partial charge in [0, 0.05) is 22.5 Å². The Morgan fingerprint density at radius 1 is 0.529 bits per heavy atom. The van der Waals surface area contributed by atoms with Crippen molar-refractivity contribution in [2.24, 2.45) is 0 Å². The molecule has 3 aromatic carbocycles. The fraction of sp³-hybridized carbons (Fsp3) is 0. The van der Waals surface area contributed by atoms with Crippen LogP contribution in [-0.2, 0) is 0 Å². The number of hydrogen-bond donors (Lipinski definition) is 4. The van der Waals surface area contributed by atoms with E-state index < -0.39 is 10.5 Å². The van der Waals surface area contributed by atoms with Crippen LogP contribution in [0, 0.1) is 20.8 Å². The maximum atomic E-state index is 10.9. The van der Waals surface area contributed by atoms with Gasteiger partial charge in [-0.25, -0.2) is 0 Å². The second-order valence-electron chi connectivity index (χ2n) is 6.92. The molecular weight excluding hydrogens is 448 g/mol. The first-order chi connectivity index (χ1) is 16.2. The van der Waals surface area contributed by atoms with Crippen LogP contribution in [0.5, 0.6) is 0 Å².